The van der Waals surface area contributed by atoms with Gasteiger partial charge in [-0.2, -0.15) is 5.09 Å². The smallest absolute Gasteiger partial charge is 0.459 e. The molecule has 6 atom stereocenters. The predicted molar refractivity (Wildman–Crippen MR) is 142 cm³/mol. The molecule has 3 heterocycles. The van der Waals surface area contributed by atoms with Crippen molar-refractivity contribution < 1.29 is 37.4 Å². The summed E-state index contributed by atoms with van der Waals surface area (Å²) < 4.78 is 52.7. The normalized spacial score (nSPS) is 24.7. The summed E-state index contributed by atoms with van der Waals surface area (Å²) in [7, 11) is 0.416. The number of ether oxygens (including phenoxy) is 2. The summed E-state index contributed by atoms with van der Waals surface area (Å²) in [4.78, 5) is 26.8. The van der Waals surface area contributed by atoms with Gasteiger partial charge in [0.1, 0.15) is 29.8 Å². The first-order valence-corrected chi connectivity index (χ1v) is 13.7. The van der Waals surface area contributed by atoms with Crippen LogP contribution in [0, 0.1) is 19.3 Å². The number of nitrogens with zero attached hydrogens (tertiary/aromatic N) is 5. The molecule has 1 aromatic carbocycles. The van der Waals surface area contributed by atoms with Gasteiger partial charge < -0.3 is 24.0 Å². The zero-order chi connectivity index (χ0) is 29.2. The van der Waals surface area contributed by atoms with Gasteiger partial charge >= 0.3 is 13.7 Å². The topological polar surface area (TPSA) is 150 Å². The lowest BCUT2D eigenvalue weighted by molar-refractivity contribution is -0.142. The molecule has 0 spiro atoms. The summed E-state index contributed by atoms with van der Waals surface area (Å²) >= 11 is 0. The van der Waals surface area contributed by atoms with Crippen LogP contribution in [0.5, 0.6) is 5.75 Å². The minimum atomic E-state index is -4.30. The Bertz CT molecular complexity index is 1470. The molecule has 2 N–H and O–H groups in total. The van der Waals surface area contributed by atoms with Crippen molar-refractivity contribution in [3.8, 4) is 18.1 Å². The molecular weight excluding hydrogens is 546 g/mol. The third kappa shape index (κ3) is 5.65. The van der Waals surface area contributed by atoms with Crippen LogP contribution in [0.4, 0.5) is 10.2 Å². The maximum Gasteiger partial charge on any atom is 0.459 e. The van der Waals surface area contributed by atoms with Crippen LogP contribution in [-0.2, 0) is 23.4 Å². The number of aliphatic hydroxyl groups is 1. The highest BCUT2D eigenvalue weighted by molar-refractivity contribution is 7.52. The number of hydrogen-bond acceptors (Lipinski definition) is 11. The number of hydrogen-bond donors (Lipinski definition) is 2. The van der Waals surface area contributed by atoms with E-state index >= 15 is 4.39 Å². The predicted octanol–water partition coefficient (Wildman–Crippen LogP) is 2.16. The van der Waals surface area contributed by atoms with E-state index in [-0.39, 0.29) is 11.4 Å². The first-order valence-electron chi connectivity index (χ1n) is 12.2. The molecule has 1 aliphatic rings. The van der Waals surface area contributed by atoms with E-state index in [1.165, 1.54) is 37.1 Å². The molecule has 214 valence electrons. The number of benzene rings is 1. The molecule has 1 fully saturated rings. The lowest BCUT2D eigenvalue weighted by Crippen LogP contribution is -2.42. The van der Waals surface area contributed by atoms with E-state index in [1.807, 2.05) is 5.92 Å². The van der Waals surface area contributed by atoms with Crippen LogP contribution in [0.2, 0.25) is 0 Å². The molecule has 40 heavy (non-hydrogen) atoms. The van der Waals surface area contributed by atoms with Crippen molar-refractivity contribution in [2.24, 2.45) is 0 Å². The highest BCUT2D eigenvalue weighted by atomic mass is 31.2. The van der Waals surface area contributed by atoms with E-state index in [0.717, 1.165) is 0 Å². The number of anilines is 1. The average Bonchev–Trinajstić information content (AvgIpc) is 3.45. The summed E-state index contributed by atoms with van der Waals surface area (Å²) in [6.07, 6.45) is 1.97. The van der Waals surface area contributed by atoms with Gasteiger partial charge in [-0.3, -0.25) is 13.9 Å². The Morgan fingerprint density at radius 2 is 2.08 bits per heavy atom. The Morgan fingerprint density at radius 1 is 1.38 bits per heavy atom. The second-order valence-electron chi connectivity index (χ2n) is 9.27. The molecule has 2 aromatic heterocycles. The average molecular weight is 577 g/mol. The van der Waals surface area contributed by atoms with Crippen molar-refractivity contribution in [2.75, 3.05) is 32.7 Å². The van der Waals surface area contributed by atoms with Gasteiger partial charge in [-0.25, -0.2) is 23.9 Å². The number of carbonyl (C=O) groups is 1. The molecule has 15 heteroatoms. The van der Waals surface area contributed by atoms with Gasteiger partial charge in [-0.05, 0) is 26.0 Å². The molecule has 0 radical (unpaired) electrons. The summed E-state index contributed by atoms with van der Waals surface area (Å²) in [6, 6.07) is 6.96. The van der Waals surface area contributed by atoms with E-state index < -0.39 is 50.5 Å². The Hall–Kier alpha value is -3.60. The number of aliphatic hydroxyl groups excluding tert-OH is 1. The van der Waals surface area contributed by atoms with Crippen molar-refractivity contribution in [3.05, 3.63) is 42.5 Å². The molecule has 0 saturated carbocycles. The Labute approximate surface area is 230 Å². The number of methoxy groups -OCH3 is 1. The molecule has 0 amide bonds. The van der Waals surface area contributed by atoms with Crippen molar-refractivity contribution >= 4 is 30.7 Å². The number of nitrogens with one attached hydrogen (secondary N) is 1. The number of carbonyl (C=O) groups excluding carboxylic acids is 1. The maximum absolute atomic E-state index is 16.2. The fourth-order valence-electron chi connectivity index (χ4n) is 4.15. The van der Waals surface area contributed by atoms with Crippen LogP contribution < -0.4 is 14.5 Å². The molecule has 0 bridgehead atoms. The minimum Gasteiger partial charge on any atom is -0.468 e. The number of halogens is 1. The van der Waals surface area contributed by atoms with Crippen molar-refractivity contribution in [1.29, 1.82) is 0 Å². The number of rotatable bonds is 10. The molecule has 4 rings (SSSR count). The van der Waals surface area contributed by atoms with Crippen LogP contribution in [0.1, 0.15) is 19.0 Å². The van der Waals surface area contributed by atoms with Gasteiger partial charge in [-0.1, -0.05) is 24.1 Å². The number of aromatic nitrogens is 4. The fraction of sp³-hybridized carbons (Fsp3) is 0.440. The SMILES string of the molecule is C#C[C@@]1(F)[C@H](O)[C@@H](CO[P@@](=O)(N[C@H](C)C(=O)OC)Oc2ccccc2)O[C@H]1n1cnc2c(N(C)C)nc(C)nc21. The Balaban J connectivity index is 1.62. The second-order valence-corrected chi connectivity index (χ2v) is 11.0. The summed E-state index contributed by atoms with van der Waals surface area (Å²) in [5, 5.41) is 13.4. The monoisotopic (exact) mass is 576 g/mol. The lowest BCUT2D eigenvalue weighted by atomic mass is 9.97. The summed E-state index contributed by atoms with van der Waals surface area (Å²) in [6.45, 7) is 2.44. The van der Waals surface area contributed by atoms with Crippen LogP contribution in [0.3, 0.4) is 0 Å². The third-order valence-corrected chi connectivity index (χ3v) is 7.79. The van der Waals surface area contributed by atoms with Crippen molar-refractivity contribution in [3.63, 3.8) is 0 Å². The molecule has 3 aromatic rings. The molecule has 0 unspecified atom stereocenters. The fourth-order valence-corrected chi connectivity index (χ4v) is 5.65. The van der Waals surface area contributed by atoms with Crippen molar-refractivity contribution in [1.82, 2.24) is 24.6 Å². The molecule has 1 saturated heterocycles. The largest absolute Gasteiger partial charge is 0.468 e. The summed E-state index contributed by atoms with van der Waals surface area (Å²) in [5.74, 6) is 2.32. The van der Waals surface area contributed by atoms with Gasteiger partial charge in [0.15, 0.2) is 23.2 Å². The first-order chi connectivity index (χ1) is 18.9. The van der Waals surface area contributed by atoms with E-state index in [9.17, 15) is 14.5 Å². The molecule has 0 aliphatic carbocycles. The van der Waals surface area contributed by atoms with E-state index in [0.29, 0.717) is 17.2 Å². The van der Waals surface area contributed by atoms with Crippen molar-refractivity contribution in [2.45, 2.75) is 44.0 Å². The van der Waals surface area contributed by atoms with Crippen LogP contribution >= 0.6 is 7.75 Å². The highest BCUT2D eigenvalue weighted by Crippen LogP contribution is 2.48. The third-order valence-electron chi connectivity index (χ3n) is 6.14. The van der Waals surface area contributed by atoms with Gasteiger partial charge in [0.05, 0.1) is 20.0 Å². The number of para-hydroxylation sites is 1. The standard InChI is InChI=1S/C25H30FN6O7P/c1-7-25(26)20(33)18(38-24(25)32-14-27-19-21(31(4)5)28-16(3)29-22(19)32)13-37-40(35,30-15(2)23(34)36-6)39-17-11-9-8-10-12-17/h1,8-12,14-15,18,20,24,33H,13H2,2-6H3,(H,30,35)/t15-,18-,20-,24-,25-,40+/m1/s1. The summed E-state index contributed by atoms with van der Waals surface area (Å²) in [5.41, 5.74) is -2.14. The molecule has 13 nitrogen and oxygen atoms in total. The lowest BCUT2D eigenvalue weighted by Gasteiger charge is -2.24. The van der Waals surface area contributed by atoms with Gasteiger partial charge in [0, 0.05) is 14.1 Å². The molecular formula is C25H30FN6O7P. The van der Waals surface area contributed by atoms with Crippen LogP contribution in [-0.4, -0.2) is 82.3 Å². The Kier molecular flexibility index (Phi) is 8.44. The minimum absolute atomic E-state index is 0.168. The zero-order valence-electron chi connectivity index (χ0n) is 22.5. The van der Waals surface area contributed by atoms with Gasteiger partial charge in [0.2, 0.25) is 5.67 Å². The maximum atomic E-state index is 16.2. The van der Waals surface area contributed by atoms with Gasteiger partial charge in [0.25, 0.3) is 0 Å². The van der Waals surface area contributed by atoms with E-state index in [1.54, 1.807) is 44.1 Å². The number of terminal acetylenes is 1. The zero-order valence-corrected chi connectivity index (χ0v) is 23.4. The second kappa shape index (κ2) is 11.5. The quantitative estimate of drug-likeness (QED) is 0.207. The van der Waals surface area contributed by atoms with E-state index in [4.69, 9.17) is 20.2 Å². The number of imidazole rings is 1. The van der Waals surface area contributed by atoms with Crippen LogP contribution in [0.15, 0.2) is 36.7 Å². The number of esters is 1. The number of fused-ring (bicyclic) bond motifs is 1. The number of aryl methyl sites for hydroxylation is 1. The van der Waals surface area contributed by atoms with Gasteiger partial charge in [-0.15, -0.1) is 6.42 Å². The number of alkyl halides is 1. The van der Waals surface area contributed by atoms with E-state index in [2.05, 4.69) is 24.8 Å². The van der Waals surface area contributed by atoms with Crippen LogP contribution in [0.25, 0.3) is 11.2 Å². The first kappa shape index (κ1) is 29.4. The Morgan fingerprint density at radius 3 is 2.70 bits per heavy atom. The molecule has 1 aliphatic heterocycles. The highest BCUT2D eigenvalue weighted by Gasteiger charge is 2.58.